The highest BCUT2D eigenvalue weighted by atomic mass is 16.6. The Morgan fingerprint density at radius 1 is 1.21 bits per heavy atom. The van der Waals surface area contributed by atoms with Crippen molar-refractivity contribution in [2.75, 3.05) is 18.6 Å². The summed E-state index contributed by atoms with van der Waals surface area (Å²) in [7, 11) is 1.20. The van der Waals surface area contributed by atoms with E-state index >= 15 is 0 Å². The summed E-state index contributed by atoms with van der Waals surface area (Å²) in [6.45, 7) is 1.69. The van der Waals surface area contributed by atoms with Crippen LogP contribution in [0, 0.1) is 10.1 Å². The molecule has 0 saturated carbocycles. The Labute approximate surface area is 186 Å². The largest absolute Gasteiger partial charge is 0.500 e. The molecule has 0 spiro atoms. The van der Waals surface area contributed by atoms with Gasteiger partial charge in [0.15, 0.2) is 5.75 Å². The van der Waals surface area contributed by atoms with Crippen molar-refractivity contribution in [1.29, 1.82) is 0 Å². The Kier molecular flexibility index (Phi) is 6.38. The topological polar surface area (TPSA) is 165 Å². The average molecular weight is 455 g/mol. The Morgan fingerprint density at radius 2 is 1.88 bits per heavy atom. The number of aromatic hydroxyl groups is 1. The van der Waals surface area contributed by atoms with Crippen LogP contribution in [-0.2, 0) is 14.3 Å². The van der Waals surface area contributed by atoms with Crippen LogP contribution in [-0.4, -0.2) is 47.6 Å². The highest BCUT2D eigenvalue weighted by Crippen LogP contribution is 2.38. The fraction of sp³-hybridized carbons (Fsp3) is 0.143. The molecule has 1 saturated heterocycles. The van der Waals surface area contributed by atoms with Gasteiger partial charge in [0, 0.05) is 6.07 Å². The predicted molar refractivity (Wildman–Crippen MR) is 113 cm³/mol. The smallest absolute Gasteiger partial charge is 0.337 e. The molecule has 1 fully saturated rings. The van der Waals surface area contributed by atoms with Crippen molar-refractivity contribution in [3.8, 4) is 11.5 Å². The molecular formula is C21H17N3O9. The first-order chi connectivity index (χ1) is 15.7. The molecule has 1 aliphatic rings. The second kappa shape index (κ2) is 9.18. The number of phenolic OH excluding ortho intramolecular Hbond substituents is 1. The number of nitro groups is 1. The van der Waals surface area contributed by atoms with Crippen LogP contribution in [0.4, 0.5) is 16.2 Å². The van der Waals surface area contributed by atoms with Crippen LogP contribution >= 0.6 is 0 Å². The van der Waals surface area contributed by atoms with Crippen molar-refractivity contribution in [2.45, 2.75) is 6.92 Å². The number of carbonyl (C=O) groups is 4. The van der Waals surface area contributed by atoms with E-state index in [9.17, 15) is 34.4 Å². The standard InChI is InChI=1S/C21H17N3O9/c1-3-33-16-10-11(9-15(17(16)25)24(30)31)8-14-18(26)22-21(29)23(19(14)27)13-6-4-12(5-7-13)20(28)32-2/h4-10,25H,3H2,1-2H3,(H,22,26,29). The first-order valence-corrected chi connectivity index (χ1v) is 9.42. The van der Waals surface area contributed by atoms with E-state index in [1.807, 2.05) is 5.32 Å². The fourth-order valence-electron chi connectivity index (χ4n) is 3.02. The Hall–Kier alpha value is -4.74. The number of hydrogen-bond acceptors (Lipinski definition) is 9. The number of barbiturate groups is 1. The van der Waals surface area contributed by atoms with Crippen LogP contribution in [0.1, 0.15) is 22.8 Å². The number of hydrogen-bond donors (Lipinski definition) is 2. The molecule has 1 aliphatic heterocycles. The number of esters is 1. The molecule has 0 aliphatic carbocycles. The zero-order valence-electron chi connectivity index (χ0n) is 17.4. The number of nitrogens with one attached hydrogen (secondary N) is 1. The number of carbonyl (C=O) groups excluding carboxylic acids is 4. The summed E-state index contributed by atoms with van der Waals surface area (Å²) in [6.07, 6.45) is 1.04. The fourth-order valence-corrected chi connectivity index (χ4v) is 3.02. The number of benzene rings is 2. The SMILES string of the molecule is CCOc1cc(C=C2C(=O)NC(=O)N(c3ccc(C(=O)OC)cc3)C2=O)cc([N+](=O)[O-])c1O. The number of imide groups is 2. The summed E-state index contributed by atoms with van der Waals surface area (Å²) in [5.41, 5.74) is -0.929. The van der Waals surface area contributed by atoms with Crippen LogP contribution in [0.25, 0.3) is 6.08 Å². The van der Waals surface area contributed by atoms with E-state index in [1.165, 1.54) is 37.4 Å². The lowest BCUT2D eigenvalue weighted by Gasteiger charge is -2.26. The number of rotatable bonds is 6. The maximum absolute atomic E-state index is 13.0. The number of amides is 4. The molecule has 0 aromatic heterocycles. The van der Waals surface area contributed by atoms with Crippen LogP contribution in [0.5, 0.6) is 11.5 Å². The van der Waals surface area contributed by atoms with Crippen molar-refractivity contribution in [2.24, 2.45) is 0 Å². The summed E-state index contributed by atoms with van der Waals surface area (Å²) < 4.78 is 9.78. The third-order valence-electron chi connectivity index (χ3n) is 4.53. The van der Waals surface area contributed by atoms with Gasteiger partial charge in [-0.3, -0.25) is 25.0 Å². The maximum atomic E-state index is 13.0. The van der Waals surface area contributed by atoms with Crippen molar-refractivity contribution in [3.63, 3.8) is 0 Å². The lowest BCUT2D eigenvalue weighted by molar-refractivity contribution is -0.386. The molecule has 12 heteroatoms. The summed E-state index contributed by atoms with van der Waals surface area (Å²) in [5.74, 6) is -3.55. The van der Waals surface area contributed by atoms with Gasteiger partial charge in [0.25, 0.3) is 11.8 Å². The van der Waals surface area contributed by atoms with Crippen molar-refractivity contribution in [3.05, 3.63) is 63.2 Å². The summed E-state index contributed by atoms with van der Waals surface area (Å²) >= 11 is 0. The highest BCUT2D eigenvalue weighted by molar-refractivity contribution is 6.39. The van der Waals surface area contributed by atoms with E-state index in [2.05, 4.69) is 4.74 Å². The molecule has 12 nitrogen and oxygen atoms in total. The molecule has 0 radical (unpaired) electrons. The molecule has 3 rings (SSSR count). The van der Waals surface area contributed by atoms with Gasteiger partial charge >= 0.3 is 17.7 Å². The normalized spacial score (nSPS) is 14.8. The van der Waals surface area contributed by atoms with Crippen LogP contribution in [0.15, 0.2) is 42.0 Å². The summed E-state index contributed by atoms with van der Waals surface area (Å²) in [5, 5.41) is 23.3. The first-order valence-electron chi connectivity index (χ1n) is 9.42. The lowest BCUT2D eigenvalue weighted by Crippen LogP contribution is -2.54. The van der Waals surface area contributed by atoms with Gasteiger partial charge in [-0.1, -0.05) is 0 Å². The summed E-state index contributed by atoms with van der Waals surface area (Å²) in [4.78, 5) is 60.4. The molecule has 0 atom stereocenters. The molecule has 1 heterocycles. The zero-order chi connectivity index (χ0) is 24.3. The van der Waals surface area contributed by atoms with Gasteiger partial charge in [0.1, 0.15) is 5.57 Å². The molecule has 4 amide bonds. The van der Waals surface area contributed by atoms with Gasteiger partial charge in [0.2, 0.25) is 5.75 Å². The quantitative estimate of drug-likeness (QED) is 0.218. The number of methoxy groups -OCH3 is 1. The maximum Gasteiger partial charge on any atom is 0.337 e. The molecule has 2 N–H and O–H groups in total. The van der Waals surface area contributed by atoms with Gasteiger partial charge in [-0.25, -0.2) is 14.5 Å². The Balaban J connectivity index is 2.04. The van der Waals surface area contributed by atoms with Gasteiger partial charge < -0.3 is 14.6 Å². The van der Waals surface area contributed by atoms with Crippen molar-refractivity contribution in [1.82, 2.24) is 5.32 Å². The number of urea groups is 1. The first kappa shape index (κ1) is 22.9. The molecule has 33 heavy (non-hydrogen) atoms. The second-order valence-corrected chi connectivity index (χ2v) is 6.57. The second-order valence-electron chi connectivity index (χ2n) is 6.57. The van der Waals surface area contributed by atoms with E-state index < -0.39 is 45.7 Å². The molecule has 2 aromatic carbocycles. The van der Waals surface area contributed by atoms with Crippen LogP contribution in [0.3, 0.4) is 0 Å². The number of nitrogens with zero attached hydrogens (tertiary/aromatic N) is 2. The molecule has 0 unspecified atom stereocenters. The lowest BCUT2D eigenvalue weighted by atomic mass is 10.1. The Bertz CT molecular complexity index is 1200. The van der Waals surface area contributed by atoms with E-state index in [4.69, 9.17) is 4.74 Å². The van der Waals surface area contributed by atoms with Crippen LogP contribution in [0.2, 0.25) is 0 Å². The van der Waals surface area contributed by atoms with E-state index in [0.29, 0.717) is 4.90 Å². The van der Waals surface area contributed by atoms with Crippen molar-refractivity contribution < 1.29 is 38.7 Å². The third-order valence-corrected chi connectivity index (χ3v) is 4.53. The van der Waals surface area contributed by atoms with Crippen molar-refractivity contribution >= 4 is 41.3 Å². The third kappa shape index (κ3) is 4.49. The van der Waals surface area contributed by atoms with E-state index in [1.54, 1.807) is 6.92 Å². The Morgan fingerprint density at radius 3 is 2.45 bits per heavy atom. The summed E-state index contributed by atoms with van der Waals surface area (Å²) in [6, 6.07) is 6.45. The van der Waals surface area contributed by atoms with Gasteiger partial charge in [-0.05, 0) is 48.9 Å². The average Bonchev–Trinajstić information content (AvgIpc) is 2.78. The predicted octanol–water partition coefficient (Wildman–Crippen LogP) is 2.15. The number of ether oxygens (including phenoxy) is 2. The minimum absolute atomic E-state index is 0.0109. The van der Waals surface area contributed by atoms with E-state index in [-0.39, 0.29) is 29.2 Å². The van der Waals surface area contributed by atoms with Gasteiger partial charge in [-0.15, -0.1) is 0 Å². The van der Waals surface area contributed by atoms with Crippen LogP contribution < -0.4 is 15.0 Å². The molecule has 0 bridgehead atoms. The number of anilines is 1. The van der Waals surface area contributed by atoms with E-state index in [0.717, 1.165) is 12.1 Å². The minimum atomic E-state index is -1.01. The minimum Gasteiger partial charge on any atom is -0.500 e. The number of nitro benzene ring substituents is 1. The van der Waals surface area contributed by atoms with Gasteiger partial charge in [0.05, 0.1) is 29.9 Å². The monoisotopic (exact) mass is 455 g/mol. The molecular weight excluding hydrogens is 438 g/mol. The number of phenols is 1. The molecule has 170 valence electrons. The highest BCUT2D eigenvalue weighted by Gasteiger charge is 2.37. The van der Waals surface area contributed by atoms with Gasteiger partial charge in [-0.2, -0.15) is 0 Å². The molecule has 2 aromatic rings. The zero-order valence-corrected chi connectivity index (χ0v) is 17.4.